The summed E-state index contributed by atoms with van der Waals surface area (Å²) in [6.45, 7) is 4.86. The summed E-state index contributed by atoms with van der Waals surface area (Å²) in [5.74, 6) is -0.703. The maximum atomic E-state index is 12.2. The lowest BCUT2D eigenvalue weighted by Crippen LogP contribution is -2.31. The molecule has 1 rings (SSSR count). The number of carbonyl (C=O) groups excluding carboxylic acids is 1. The van der Waals surface area contributed by atoms with Crippen LogP contribution in [0.4, 0.5) is 0 Å². The smallest absolute Gasteiger partial charge is 0.328 e. The molecule has 1 N–H and O–H groups in total. The van der Waals surface area contributed by atoms with E-state index in [9.17, 15) is 9.59 Å². The van der Waals surface area contributed by atoms with Gasteiger partial charge in [-0.1, -0.05) is 20.3 Å². The van der Waals surface area contributed by atoms with Crippen molar-refractivity contribution in [1.82, 2.24) is 9.88 Å². The van der Waals surface area contributed by atoms with Gasteiger partial charge in [-0.25, -0.2) is 4.79 Å². The summed E-state index contributed by atoms with van der Waals surface area (Å²) < 4.78 is 0. The van der Waals surface area contributed by atoms with Crippen LogP contribution in [0.5, 0.6) is 0 Å². The monoisotopic (exact) mass is 276 g/mol. The van der Waals surface area contributed by atoms with E-state index in [4.69, 9.17) is 5.11 Å². The van der Waals surface area contributed by atoms with Gasteiger partial charge in [-0.2, -0.15) is 0 Å². The van der Waals surface area contributed by atoms with E-state index in [1.807, 2.05) is 0 Å². The Morgan fingerprint density at radius 1 is 1.45 bits per heavy atom. The molecule has 0 fully saturated rings. The van der Waals surface area contributed by atoms with Crippen molar-refractivity contribution < 1.29 is 14.7 Å². The molecule has 1 unspecified atom stereocenters. The van der Waals surface area contributed by atoms with Gasteiger partial charge in [-0.15, -0.1) is 0 Å². The summed E-state index contributed by atoms with van der Waals surface area (Å²) in [4.78, 5) is 28.3. The molecule has 1 heterocycles. The molecule has 0 aliphatic carbocycles. The number of rotatable bonds is 6. The zero-order chi connectivity index (χ0) is 15.1. The Balaban J connectivity index is 2.83. The predicted molar refractivity (Wildman–Crippen MR) is 77.3 cm³/mol. The van der Waals surface area contributed by atoms with Crippen LogP contribution in [-0.4, -0.2) is 40.5 Å². The highest BCUT2D eigenvalue weighted by atomic mass is 16.4. The Morgan fingerprint density at radius 2 is 2.15 bits per heavy atom. The van der Waals surface area contributed by atoms with Gasteiger partial charge < -0.3 is 10.0 Å². The number of hydrogen-bond acceptors (Lipinski definition) is 3. The minimum atomic E-state index is -1.03. The van der Waals surface area contributed by atoms with E-state index in [0.717, 1.165) is 12.5 Å². The number of aromatic nitrogens is 1. The quantitative estimate of drug-likeness (QED) is 0.809. The highest BCUT2D eigenvalue weighted by molar-refractivity contribution is 5.94. The van der Waals surface area contributed by atoms with E-state index in [1.54, 1.807) is 18.0 Å². The maximum absolute atomic E-state index is 12.2. The summed E-state index contributed by atoms with van der Waals surface area (Å²) in [6, 6.07) is 1.64. The van der Waals surface area contributed by atoms with Gasteiger partial charge in [0.05, 0.1) is 5.56 Å². The molecule has 0 radical (unpaired) electrons. The van der Waals surface area contributed by atoms with Crippen LogP contribution in [0.1, 0.15) is 36.2 Å². The van der Waals surface area contributed by atoms with Gasteiger partial charge >= 0.3 is 5.97 Å². The second-order valence-corrected chi connectivity index (χ2v) is 4.88. The highest BCUT2D eigenvalue weighted by Gasteiger charge is 2.14. The molecule has 0 saturated heterocycles. The second kappa shape index (κ2) is 7.43. The molecule has 0 spiro atoms. The van der Waals surface area contributed by atoms with Gasteiger partial charge in [-0.3, -0.25) is 9.78 Å². The zero-order valence-electron chi connectivity index (χ0n) is 12.0. The van der Waals surface area contributed by atoms with E-state index >= 15 is 0 Å². The predicted octanol–water partition coefficient (Wildman–Crippen LogP) is 2.30. The second-order valence-electron chi connectivity index (χ2n) is 4.88. The number of carboxylic acids is 1. The Hall–Kier alpha value is -2.17. The summed E-state index contributed by atoms with van der Waals surface area (Å²) >= 11 is 0. The molecule has 0 bridgehead atoms. The van der Waals surface area contributed by atoms with Crippen molar-refractivity contribution in [3.8, 4) is 0 Å². The van der Waals surface area contributed by atoms with E-state index in [1.165, 1.54) is 18.5 Å². The minimum absolute atomic E-state index is 0.108. The normalized spacial score (nSPS) is 12.3. The fourth-order valence-electron chi connectivity index (χ4n) is 1.73. The van der Waals surface area contributed by atoms with Crippen LogP contribution in [0.2, 0.25) is 0 Å². The average molecular weight is 276 g/mol. The molecule has 0 aromatic carbocycles. The lowest BCUT2D eigenvalue weighted by molar-refractivity contribution is -0.131. The topological polar surface area (TPSA) is 70.5 Å². The number of pyridine rings is 1. The van der Waals surface area contributed by atoms with Crippen LogP contribution in [0.25, 0.3) is 6.08 Å². The van der Waals surface area contributed by atoms with Crippen molar-refractivity contribution in [2.24, 2.45) is 5.92 Å². The van der Waals surface area contributed by atoms with Gasteiger partial charge in [0.1, 0.15) is 0 Å². The molecule has 108 valence electrons. The molecule has 1 amide bonds. The fraction of sp³-hybridized carbons (Fsp3) is 0.400. The number of carboxylic acid groups (broad SMARTS) is 1. The van der Waals surface area contributed by atoms with Crippen molar-refractivity contribution in [2.45, 2.75) is 20.3 Å². The fourth-order valence-corrected chi connectivity index (χ4v) is 1.73. The van der Waals surface area contributed by atoms with E-state index in [2.05, 4.69) is 18.8 Å². The Bertz CT molecular complexity index is 512. The van der Waals surface area contributed by atoms with Crippen molar-refractivity contribution in [3.63, 3.8) is 0 Å². The van der Waals surface area contributed by atoms with Crippen LogP contribution in [-0.2, 0) is 4.79 Å². The molecular formula is C15H20N2O3. The van der Waals surface area contributed by atoms with Crippen LogP contribution < -0.4 is 0 Å². The van der Waals surface area contributed by atoms with Gasteiger partial charge in [0, 0.05) is 32.1 Å². The summed E-state index contributed by atoms with van der Waals surface area (Å²) in [5.41, 5.74) is 1.05. The number of carbonyl (C=O) groups is 2. The third-order valence-corrected chi connectivity index (χ3v) is 3.05. The molecule has 1 aromatic rings. The Kier molecular flexibility index (Phi) is 5.90. The first-order chi connectivity index (χ1) is 9.43. The third kappa shape index (κ3) is 4.84. The van der Waals surface area contributed by atoms with Crippen LogP contribution >= 0.6 is 0 Å². The lowest BCUT2D eigenvalue weighted by atomic mass is 10.1. The first-order valence-electron chi connectivity index (χ1n) is 6.55. The SMILES string of the molecule is CCC(C)CN(C)C(=O)c1cncc(C=CC(=O)O)c1. The molecule has 0 aliphatic rings. The van der Waals surface area contributed by atoms with Crippen molar-refractivity contribution >= 4 is 18.0 Å². The lowest BCUT2D eigenvalue weighted by Gasteiger charge is -2.20. The van der Waals surface area contributed by atoms with Crippen LogP contribution in [0.15, 0.2) is 24.5 Å². The van der Waals surface area contributed by atoms with Gasteiger partial charge in [-0.05, 0) is 23.6 Å². The molecule has 0 aliphatic heterocycles. The summed E-state index contributed by atoms with van der Waals surface area (Å²) in [7, 11) is 1.76. The highest BCUT2D eigenvalue weighted by Crippen LogP contribution is 2.10. The Labute approximate surface area is 118 Å². The van der Waals surface area contributed by atoms with Gasteiger partial charge in [0.2, 0.25) is 0 Å². The van der Waals surface area contributed by atoms with Crippen LogP contribution in [0.3, 0.4) is 0 Å². The van der Waals surface area contributed by atoms with E-state index in [0.29, 0.717) is 23.6 Å². The van der Waals surface area contributed by atoms with Crippen molar-refractivity contribution in [3.05, 3.63) is 35.7 Å². The van der Waals surface area contributed by atoms with E-state index < -0.39 is 5.97 Å². The molecular weight excluding hydrogens is 256 g/mol. The number of amides is 1. The molecule has 20 heavy (non-hydrogen) atoms. The molecule has 5 nitrogen and oxygen atoms in total. The summed E-state index contributed by atoms with van der Waals surface area (Å²) in [6.07, 6.45) is 6.46. The van der Waals surface area contributed by atoms with Gasteiger partial charge in [0.15, 0.2) is 0 Å². The van der Waals surface area contributed by atoms with Gasteiger partial charge in [0.25, 0.3) is 5.91 Å². The largest absolute Gasteiger partial charge is 0.478 e. The van der Waals surface area contributed by atoms with Crippen molar-refractivity contribution in [1.29, 1.82) is 0 Å². The number of aliphatic carboxylic acids is 1. The van der Waals surface area contributed by atoms with Crippen molar-refractivity contribution in [2.75, 3.05) is 13.6 Å². The molecule has 1 aromatic heterocycles. The third-order valence-electron chi connectivity index (χ3n) is 3.05. The Morgan fingerprint density at radius 3 is 2.75 bits per heavy atom. The van der Waals surface area contributed by atoms with E-state index in [-0.39, 0.29) is 5.91 Å². The summed E-state index contributed by atoms with van der Waals surface area (Å²) in [5, 5.41) is 8.59. The zero-order valence-corrected chi connectivity index (χ0v) is 12.0. The minimum Gasteiger partial charge on any atom is -0.478 e. The first kappa shape index (κ1) is 15.9. The molecule has 5 heteroatoms. The number of nitrogens with zero attached hydrogens (tertiary/aromatic N) is 2. The average Bonchev–Trinajstić information content (AvgIpc) is 2.44. The first-order valence-corrected chi connectivity index (χ1v) is 6.55. The standard InChI is InChI=1S/C15H20N2O3/c1-4-11(2)10-17(3)15(20)13-7-12(8-16-9-13)5-6-14(18)19/h5-9,11H,4,10H2,1-3H3,(H,18,19). The van der Waals surface area contributed by atoms with Crippen LogP contribution in [0, 0.1) is 5.92 Å². The molecule has 1 atom stereocenters. The number of hydrogen-bond donors (Lipinski definition) is 1. The molecule has 0 saturated carbocycles. The maximum Gasteiger partial charge on any atom is 0.328 e.